The number of carbonyl (C=O) groups is 1. The standard InChI is InChI=1S/C21H20N2O5/c1-21(2,3)15-8-5-13(6-9-15)11-16-20(24)28-19(22-16)14-7-10-18(27-4)17(12-14)23(25)26/h5-12H,1-4H3. The SMILES string of the molecule is COc1ccc(C2=NC(=Cc3ccc(C(C)(C)C)cc3)C(=O)O2)cc1[N+](=O)[O-]. The van der Waals surface area contributed by atoms with Crippen molar-refractivity contribution in [1.82, 2.24) is 0 Å². The Morgan fingerprint density at radius 3 is 2.39 bits per heavy atom. The van der Waals surface area contributed by atoms with Crippen LogP contribution in [0.3, 0.4) is 0 Å². The molecule has 0 aliphatic carbocycles. The number of aliphatic imine (C=N–C) groups is 1. The van der Waals surface area contributed by atoms with Crippen molar-refractivity contribution in [3.05, 3.63) is 75.0 Å². The number of nitrogens with zero attached hydrogens (tertiary/aromatic N) is 2. The molecule has 28 heavy (non-hydrogen) atoms. The average molecular weight is 380 g/mol. The van der Waals surface area contributed by atoms with Crippen LogP contribution in [0, 0.1) is 10.1 Å². The van der Waals surface area contributed by atoms with Gasteiger partial charge in [0, 0.05) is 11.6 Å². The summed E-state index contributed by atoms with van der Waals surface area (Å²) in [7, 11) is 1.35. The van der Waals surface area contributed by atoms with E-state index in [9.17, 15) is 14.9 Å². The van der Waals surface area contributed by atoms with Gasteiger partial charge in [0.25, 0.3) is 0 Å². The highest BCUT2D eigenvalue weighted by atomic mass is 16.6. The number of esters is 1. The average Bonchev–Trinajstić information content (AvgIpc) is 3.01. The maximum absolute atomic E-state index is 12.2. The summed E-state index contributed by atoms with van der Waals surface area (Å²) in [6.07, 6.45) is 1.62. The number of nitro groups is 1. The van der Waals surface area contributed by atoms with Gasteiger partial charge >= 0.3 is 11.7 Å². The summed E-state index contributed by atoms with van der Waals surface area (Å²) in [6, 6.07) is 12.1. The minimum absolute atomic E-state index is 0.0216. The maximum atomic E-state index is 12.2. The van der Waals surface area contributed by atoms with Crippen molar-refractivity contribution in [2.45, 2.75) is 26.2 Å². The number of cyclic esters (lactones) is 1. The van der Waals surface area contributed by atoms with Crippen molar-refractivity contribution in [3.63, 3.8) is 0 Å². The van der Waals surface area contributed by atoms with Crippen LogP contribution in [0.1, 0.15) is 37.5 Å². The molecular formula is C21H20N2O5. The molecule has 0 saturated carbocycles. The first-order valence-corrected chi connectivity index (χ1v) is 8.65. The Morgan fingerprint density at radius 1 is 1.14 bits per heavy atom. The Kier molecular flexibility index (Phi) is 5.00. The molecule has 0 fully saturated rings. The largest absolute Gasteiger partial charge is 0.490 e. The summed E-state index contributed by atoms with van der Waals surface area (Å²) in [5.41, 5.74) is 2.26. The lowest BCUT2D eigenvalue weighted by Gasteiger charge is -2.18. The van der Waals surface area contributed by atoms with Crippen LogP contribution in [0.4, 0.5) is 5.69 Å². The van der Waals surface area contributed by atoms with Crippen LogP contribution in [-0.4, -0.2) is 23.9 Å². The van der Waals surface area contributed by atoms with E-state index in [0.29, 0.717) is 5.56 Å². The summed E-state index contributed by atoms with van der Waals surface area (Å²) >= 11 is 0. The summed E-state index contributed by atoms with van der Waals surface area (Å²) < 4.78 is 10.2. The summed E-state index contributed by atoms with van der Waals surface area (Å²) in [5.74, 6) is -0.463. The fourth-order valence-electron chi connectivity index (χ4n) is 2.74. The Labute approximate surface area is 162 Å². The van der Waals surface area contributed by atoms with E-state index in [1.54, 1.807) is 12.1 Å². The van der Waals surface area contributed by atoms with Crippen LogP contribution in [0.5, 0.6) is 5.75 Å². The first kappa shape index (κ1) is 19.3. The van der Waals surface area contributed by atoms with Crippen LogP contribution in [0.2, 0.25) is 0 Å². The zero-order valence-corrected chi connectivity index (χ0v) is 16.1. The van der Waals surface area contributed by atoms with Crippen LogP contribution in [-0.2, 0) is 14.9 Å². The van der Waals surface area contributed by atoms with Gasteiger partial charge in [-0.15, -0.1) is 0 Å². The number of benzene rings is 2. The van der Waals surface area contributed by atoms with E-state index in [4.69, 9.17) is 9.47 Å². The van der Waals surface area contributed by atoms with Crippen molar-refractivity contribution in [1.29, 1.82) is 0 Å². The van der Waals surface area contributed by atoms with Crippen molar-refractivity contribution in [2.24, 2.45) is 4.99 Å². The number of methoxy groups -OCH3 is 1. The third-order valence-electron chi connectivity index (χ3n) is 4.32. The Bertz CT molecular complexity index is 998. The normalized spacial score (nSPS) is 15.4. The number of carbonyl (C=O) groups excluding carboxylic acids is 1. The van der Waals surface area contributed by atoms with Crippen LogP contribution >= 0.6 is 0 Å². The zero-order chi connectivity index (χ0) is 20.5. The number of rotatable bonds is 4. The smallest absolute Gasteiger partial charge is 0.363 e. The van der Waals surface area contributed by atoms with Gasteiger partial charge in [0.2, 0.25) is 5.90 Å². The van der Waals surface area contributed by atoms with Crippen LogP contribution < -0.4 is 4.74 Å². The molecule has 0 spiro atoms. The van der Waals surface area contributed by atoms with Gasteiger partial charge in [-0.1, -0.05) is 45.0 Å². The molecular weight excluding hydrogens is 360 g/mol. The Balaban J connectivity index is 1.92. The highest BCUT2D eigenvalue weighted by molar-refractivity contribution is 6.13. The van der Waals surface area contributed by atoms with E-state index in [2.05, 4.69) is 25.8 Å². The summed E-state index contributed by atoms with van der Waals surface area (Å²) in [4.78, 5) is 27.0. The molecule has 2 aromatic rings. The predicted octanol–water partition coefficient (Wildman–Crippen LogP) is 4.25. The highest BCUT2D eigenvalue weighted by Crippen LogP contribution is 2.29. The molecule has 0 radical (unpaired) electrons. The van der Waals surface area contributed by atoms with E-state index in [1.165, 1.54) is 24.8 Å². The Hall–Kier alpha value is -3.48. The quantitative estimate of drug-likeness (QED) is 0.342. The number of hydrogen-bond donors (Lipinski definition) is 0. The third kappa shape index (κ3) is 3.93. The molecule has 0 bridgehead atoms. The van der Waals surface area contributed by atoms with Gasteiger partial charge in [-0.25, -0.2) is 9.79 Å². The van der Waals surface area contributed by atoms with Gasteiger partial charge in [0.05, 0.1) is 12.0 Å². The van der Waals surface area contributed by atoms with Gasteiger partial charge in [-0.05, 0) is 34.8 Å². The molecule has 7 heteroatoms. The second kappa shape index (κ2) is 7.26. The van der Waals surface area contributed by atoms with E-state index in [-0.39, 0.29) is 28.4 Å². The predicted molar refractivity (Wildman–Crippen MR) is 105 cm³/mol. The molecule has 1 aliphatic heterocycles. The van der Waals surface area contributed by atoms with Crippen LogP contribution in [0.25, 0.3) is 6.08 Å². The first-order chi connectivity index (χ1) is 13.2. The summed E-state index contributed by atoms with van der Waals surface area (Å²) in [6.45, 7) is 6.37. The zero-order valence-electron chi connectivity index (χ0n) is 16.1. The minimum Gasteiger partial charge on any atom is -0.490 e. The van der Waals surface area contributed by atoms with E-state index in [1.807, 2.05) is 24.3 Å². The fraction of sp³-hybridized carbons (Fsp3) is 0.238. The van der Waals surface area contributed by atoms with Gasteiger partial charge in [0.1, 0.15) is 0 Å². The third-order valence-corrected chi connectivity index (χ3v) is 4.32. The number of hydrogen-bond acceptors (Lipinski definition) is 6. The van der Waals surface area contributed by atoms with Crippen LogP contribution in [0.15, 0.2) is 53.2 Å². The molecule has 0 saturated heterocycles. The topological polar surface area (TPSA) is 91.0 Å². The van der Waals surface area contributed by atoms with Gasteiger partial charge in [-0.3, -0.25) is 10.1 Å². The molecule has 0 amide bonds. The molecule has 0 N–H and O–H groups in total. The molecule has 144 valence electrons. The van der Waals surface area contributed by atoms with Crippen molar-refractivity contribution < 1.29 is 19.2 Å². The second-order valence-electron chi connectivity index (χ2n) is 7.35. The van der Waals surface area contributed by atoms with Gasteiger partial charge in [-0.2, -0.15) is 0 Å². The highest BCUT2D eigenvalue weighted by Gasteiger charge is 2.26. The van der Waals surface area contributed by atoms with Gasteiger partial charge < -0.3 is 9.47 Å². The number of nitro benzene ring substituents is 1. The van der Waals surface area contributed by atoms with Crippen molar-refractivity contribution in [3.8, 4) is 5.75 Å². The van der Waals surface area contributed by atoms with Gasteiger partial charge in [0.15, 0.2) is 11.4 Å². The lowest BCUT2D eigenvalue weighted by atomic mass is 9.87. The lowest BCUT2D eigenvalue weighted by molar-refractivity contribution is -0.385. The molecule has 3 rings (SSSR count). The molecule has 7 nitrogen and oxygen atoms in total. The van der Waals surface area contributed by atoms with Crippen molar-refractivity contribution in [2.75, 3.05) is 7.11 Å². The van der Waals surface area contributed by atoms with Crippen molar-refractivity contribution >= 4 is 23.6 Å². The first-order valence-electron chi connectivity index (χ1n) is 8.65. The maximum Gasteiger partial charge on any atom is 0.363 e. The van der Waals surface area contributed by atoms with E-state index in [0.717, 1.165) is 5.56 Å². The molecule has 1 heterocycles. The monoisotopic (exact) mass is 380 g/mol. The molecule has 0 unspecified atom stereocenters. The molecule has 2 aromatic carbocycles. The van der Waals surface area contributed by atoms with E-state index < -0.39 is 10.9 Å². The Morgan fingerprint density at radius 2 is 1.82 bits per heavy atom. The fourth-order valence-corrected chi connectivity index (χ4v) is 2.74. The molecule has 1 aliphatic rings. The second-order valence-corrected chi connectivity index (χ2v) is 7.35. The molecule has 0 atom stereocenters. The van der Waals surface area contributed by atoms with E-state index >= 15 is 0 Å². The molecule has 0 aromatic heterocycles. The summed E-state index contributed by atoms with van der Waals surface area (Å²) in [5, 5.41) is 11.2. The number of ether oxygens (including phenoxy) is 2. The minimum atomic E-state index is -0.603. The lowest BCUT2D eigenvalue weighted by Crippen LogP contribution is -2.10.